The van der Waals surface area contributed by atoms with E-state index in [1.807, 2.05) is 6.92 Å². The van der Waals surface area contributed by atoms with Crippen molar-refractivity contribution >= 4 is 0 Å². The van der Waals surface area contributed by atoms with Gasteiger partial charge < -0.3 is 10.4 Å². The third-order valence-corrected chi connectivity index (χ3v) is 3.26. The predicted molar refractivity (Wildman–Crippen MR) is 51.1 cm³/mol. The van der Waals surface area contributed by atoms with Crippen LogP contribution in [-0.4, -0.2) is 23.3 Å². The van der Waals surface area contributed by atoms with Gasteiger partial charge in [-0.3, -0.25) is 0 Å². The van der Waals surface area contributed by atoms with Crippen LogP contribution in [-0.2, 0) is 0 Å². The molecule has 2 heteroatoms. The van der Waals surface area contributed by atoms with Crippen molar-refractivity contribution in [3.8, 4) is 0 Å². The lowest BCUT2D eigenvalue weighted by molar-refractivity contribution is -0.0667. The minimum atomic E-state index is -0.594. The highest BCUT2D eigenvalue weighted by Crippen LogP contribution is 2.35. The van der Waals surface area contributed by atoms with Gasteiger partial charge in [-0.1, -0.05) is 20.8 Å². The molecule has 1 saturated heterocycles. The maximum Gasteiger partial charge on any atom is 0.0819 e. The Kier molecular flexibility index (Phi) is 2.50. The maximum absolute atomic E-state index is 10.3. The summed E-state index contributed by atoms with van der Waals surface area (Å²) in [7, 11) is 0. The Hall–Kier alpha value is -0.0800. The fourth-order valence-electron chi connectivity index (χ4n) is 1.69. The van der Waals surface area contributed by atoms with Crippen LogP contribution in [0.25, 0.3) is 0 Å². The number of aliphatic hydroxyl groups is 1. The predicted octanol–water partition coefficient (Wildman–Crippen LogP) is 1.54. The van der Waals surface area contributed by atoms with Crippen LogP contribution in [0.15, 0.2) is 0 Å². The molecule has 1 aliphatic heterocycles. The van der Waals surface area contributed by atoms with Crippen LogP contribution in [0.1, 0.15) is 40.5 Å². The second-order valence-corrected chi connectivity index (χ2v) is 5.05. The minimum absolute atomic E-state index is 0.0466. The normalized spacial score (nSPS) is 30.2. The van der Waals surface area contributed by atoms with Crippen LogP contribution < -0.4 is 5.32 Å². The fourth-order valence-corrected chi connectivity index (χ4v) is 1.69. The molecule has 1 rings (SSSR count). The first kappa shape index (κ1) is 10.0. The van der Waals surface area contributed by atoms with Crippen molar-refractivity contribution in [3.63, 3.8) is 0 Å². The van der Waals surface area contributed by atoms with Crippen LogP contribution in [0.3, 0.4) is 0 Å². The molecule has 72 valence electrons. The molecule has 2 nitrogen and oxygen atoms in total. The zero-order chi connectivity index (χ0) is 9.41. The summed E-state index contributed by atoms with van der Waals surface area (Å²) in [6.07, 6.45) is 2.29. The quantitative estimate of drug-likeness (QED) is 0.627. The molecule has 0 bridgehead atoms. The summed E-state index contributed by atoms with van der Waals surface area (Å²) >= 11 is 0. The van der Waals surface area contributed by atoms with Crippen molar-refractivity contribution < 1.29 is 5.11 Å². The van der Waals surface area contributed by atoms with Crippen molar-refractivity contribution in [1.82, 2.24) is 5.32 Å². The Morgan fingerprint density at radius 1 is 1.25 bits per heavy atom. The summed E-state index contributed by atoms with van der Waals surface area (Å²) in [5.74, 6) is 0. The summed E-state index contributed by atoms with van der Waals surface area (Å²) in [6, 6.07) is 0.275. The zero-order valence-corrected chi connectivity index (χ0v) is 8.65. The summed E-state index contributed by atoms with van der Waals surface area (Å²) < 4.78 is 0. The Bertz CT molecular complexity index is 152. The molecule has 2 atom stereocenters. The van der Waals surface area contributed by atoms with Crippen molar-refractivity contribution in [3.05, 3.63) is 0 Å². The van der Waals surface area contributed by atoms with Crippen molar-refractivity contribution in [2.75, 3.05) is 6.54 Å². The molecule has 1 aliphatic rings. The standard InChI is InChI=1S/C10H21NO/c1-9(2,3)10(4,12)8-6-5-7-11-8/h8,11-12H,5-7H2,1-4H3/t8-,10-/m1/s1. The largest absolute Gasteiger partial charge is 0.388 e. The van der Waals surface area contributed by atoms with E-state index in [-0.39, 0.29) is 11.5 Å². The van der Waals surface area contributed by atoms with Crippen LogP contribution in [0.2, 0.25) is 0 Å². The average molecular weight is 171 g/mol. The fraction of sp³-hybridized carbons (Fsp3) is 1.00. The molecule has 0 unspecified atom stereocenters. The van der Waals surface area contributed by atoms with Crippen molar-refractivity contribution in [2.45, 2.75) is 52.2 Å². The number of rotatable bonds is 1. The smallest absolute Gasteiger partial charge is 0.0819 e. The molecular weight excluding hydrogens is 150 g/mol. The summed E-state index contributed by atoms with van der Waals surface area (Å²) in [5.41, 5.74) is -0.640. The third kappa shape index (κ3) is 1.64. The van der Waals surface area contributed by atoms with E-state index >= 15 is 0 Å². The molecule has 0 aromatic heterocycles. The van der Waals surface area contributed by atoms with Gasteiger partial charge in [0.2, 0.25) is 0 Å². The first-order chi connectivity index (χ1) is 5.36. The second-order valence-electron chi connectivity index (χ2n) is 5.05. The van der Waals surface area contributed by atoms with E-state index in [0.717, 1.165) is 13.0 Å². The van der Waals surface area contributed by atoms with Crippen LogP contribution >= 0.6 is 0 Å². The molecule has 0 aromatic carbocycles. The Morgan fingerprint density at radius 3 is 2.17 bits per heavy atom. The third-order valence-electron chi connectivity index (χ3n) is 3.26. The number of hydrogen-bond donors (Lipinski definition) is 2. The number of nitrogens with one attached hydrogen (secondary N) is 1. The summed E-state index contributed by atoms with van der Waals surface area (Å²) in [5, 5.41) is 13.6. The van der Waals surface area contributed by atoms with Gasteiger partial charge in [0.15, 0.2) is 0 Å². The van der Waals surface area contributed by atoms with Crippen LogP contribution in [0.5, 0.6) is 0 Å². The van der Waals surface area contributed by atoms with Gasteiger partial charge in [0.25, 0.3) is 0 Å². The van der Waals surface area contributed by atoms with Crippen LogP contribution in [0.4, 0.5) is 0 Å². The minimum Gasteiger partial charge on any atom is -0.388 e. The lowest BCUT2D eigenvalue weighted by atomic mass is 9.73. The van der Waals surface area contributed by atoms with E-state index in [1.54, 1.807) is 0 Å². The van der Waals surface area contributed by atoms with Crippen molar-refractivity contribution in [2.24, 2.45) is 5.41 Å². The Balaban J connectivity index is 2.69. The molecule has 0 aromatic rings. The average Bonchev–Trinajstić information content (AvgIpc) is 2.34. The molecular formula is C10H21NO. The molecule has 1 heterocycles. The van der Waals surface area contributed by atoms with Gasteiger partial charge >= 0.3 is 0 Å². The molecule has 12 heavy (non-hydrogen) atoms. The van der Waals surface area contributed by atoms with Gasteiger partial charge in [0.05, 0.1) is 5.60 Å². The molecule has 0 spiro atoms. The summed E-state index contributed by atoms with van der Waals surface area (Å²) in [6.45, 7) is 9.26. The Morgan fingerprint density at radius 2 is 1.83 bits per heavy atom. The number of hydrogen-bond acceptors (Lipinski definition) is 2. The van der Waals surface area contributed by atoms with Gasteiger partial charge in [-0.05, 0) is 31.7 Å². The zero-order valence-electron chi connectivity index (χ0n) is 8.65. The molecule has 0 radical (unpaired) electrons. The van der Waals surface area contributed by atoms with Gasteiger partial charge in [0, 0.05) is 6.04 Å². The lowest BCUT2D eigenvalue weighted by Crippen LogP contribution is -2.53. The monoisotopic (exact) mass is 171 g/mol. The Labute approximate surface area is 75.4 Å². The van der Waals surface area contributed by atoms with E-state index < -0.39 is 5.60 Å². The topological polar surface area (TPSA) is 32.3 Å². The molecule has 0 aliphatic carbocycles. The molecule has 1 fully saturated rings. The summed E-state index contributed by atoms with van der Waals surface area (Å²) in [4.78, 5) is 0. The molecule has 0 amide bonds. The van der Waals surface area contributed by atoms with Gasteiger partial charge in [-0.2, -0.15) is 0 Å². The first-order valence-corrected chi connectivity index (χ1v) is 4.81. The lowest BCUT2D eigenvalue weighted by Gasteiger charge is -2.41. The highest BCUT2D eigenvalue weighted by molar-refractivity contribution is 4.98. The molecule has 2 N–H and O–H groups in total. The van der Waals surface area contributed by atoms with E-state index in [2.05, 4.69) is 26.1 Å². The van der Waals surface area contributed by atoms with Gasteiger partial charge in [0.1, 0.15) is 0 Å². The molecule has 0 saturated carbocycles. The van der Waals surface area contributed by atoms with Crippen molar-refractivity contribution in [1.29, 1.82) is 0 Å². The maximum atomic E-state index is 10.3. The highest BCUT2D eigenvalue weighted by atomic mass is 16.3. The van der Waals surface area contributed by atoms with Crippen LogP contribution in [0, 0.1) is 5.41 Å². The van der Waals surface area contributed by atoms with E-state index in [4.69, 9.17) is 0 Å². The van der Waals surface area contributed by atoms with Gasteiger partial charge in [-0.25, -0.2) is 0 Å². The van der Waals surface area contributed by atoms with Gasteiger partial charge in [-0.15, -0.1) is 0 Å². The second kappa shape index (κ2) is 3.00. The SMILES string of the molecule is CC(C)(C)[C@](C)(O)[C@H]1CCCN1. The van der Waals surface area contributed by atoms with E-state index in [9.17, 15) is 5.11 Å². The highest BCUT2D eigenvalue weighted by Gasteiger charge is 2.43. The van der Waals surface area contributed by atoms with E-state index in [1.165, 1.54) is 6.42 Å². The first-order valence-electron chi connectivity index (χ1n) is 4.81. The van der Waals surface area contributed by atoms with E-state index in [0.29, 0.717) is 0 Å².